The summed E-state index contributed by atoms with van der Waals surface area (Å²) in [7, 11) is 0.177. The van der Waals surface area contributed by atoms with Crippen LogP contribution >= 0.6 is 24.0 Å². The summed E-state index contributed by atoms with van der Waals surface area (Å²) >= 11 is 0. The highest BCUT2D eigenvalue weighted by atomic mass is 127. The van der Waals surface area contributed by atoms with Crippen molar-refractivity contribution < 1.29 is 13.2 Å². The number of sulfone groups is 1. The lowest BCUT2D eigenvalue weighted by atomic mass is 10.1. The van der Waals surface area contributed by atoms with Crippen LogP contribution in [0.4, 0.5) is 0 Å². The van der Waals surface area contributed by atoms with Crippen molar-refractivity contribution in [2.24, 2.45) is 4.99 Å². The number of benzene rings is 1. The molecule has 1 atom stereocenters. The van der Waals surface area contributed by atoms with Gasteiger partial charge in [-0.1, -0.05) is 19.1 Å². The second kappa shape index (κ2) is 11.5. The molecule has 0 heterocycles. The van der Waals surface area contributed by atoms with E-state index in [0.717, 1.165) is 12.0 Å². The zero-order valence-corrected chi connectivity index (χ0v) is 20.0. The summed E-state index contributed by atoms with van der Waals surface area (Å²) in [6.45, 7) is 6.41. The highest BCUT2D eigenvalue weighted by molar-refractivity contribution is 14.0. The molecule has 0 aliphatic heterocycles. The van der Waals surface area contributed by atoms with Gasteiger partial charge in [-0.2, -0.15) is 0 Å². The van der Waals surface area contributed by atoms with Crippen LogP contribution < -0.4 is 10.6 Å². The van der Waals surface area contributed by atoms with E-state index in [4.69, 9.17) is 0 Å². The number of hydrogen-bond donors (Lipinski definition) is 2. The van der Waals surface area contributed by atoms with Crippen molar-refractivity contribution in [3.8, 4) is 0 Å². The van der Waals surface area contributed by atoms with Crippen molar-refractivity contribution in [1.82, 2.24) is 15.5 Å². The van der Waals surface area contributed by atoms with Crippen LogP contribution in [-0.2, 0) is 21.2 Å². The van der Waals surface area contributed by atoms with Gasteiger partial charge in [0.1, 0.15) is 0 Å². The third-order valence-electron chi connectivity index (χ3n) is 3.96. The third-order valence-corrected chi connectivity index (χ3v) is 5.22. The van der Waals surface area contributed by atoms with Crippen LogP contribution in [0.15, 0.2) is 28.1 Å². The van der Waals surface area contributed by atoms with E-state index in [1.165, 1.54) is 11.2 Å². The van der Waals surface area contributed by atoms with Gasteiger partial charge in [-0.3, -0.25) is 4.79 Å². The number of aryl methyl sites for hydroxylation is 1. The molecule has 1 unspecified atom stereocenters. The molecule has 1 rings (SSSR count). The van der Waals surface area contributed by atoms with Gasteiger partial charge in [0, 0.05) is 26.4 Å². The van der Waals surface area contributed by atoms with Gasteiger partial charge in [0.15, 0.2) is 15.8 Å². The minimum atomic E-state index is -3.23. The molecular formula is C18H31IN4O3S. The summed E-state index contributed by atoms with van der Waals surface area (Å²) in [6.07, 6.45) is 2.12. The molecule has 7 nitrogen and oxygen atoms in total. The minimum Gasteiger partial charge on any atom is -0.354 e. The highest BCUT2D eigenvalue weighted by Crippen LogP contribution is 2.17. The molecule has 0 bridgehead atoms. The zero-order chi connectivity index (χ0) is 19.9. The predicted molar refractivity (Wildman–Crippen MR) is 120 cm³/mol. The average Bonchev–Trinajstić information content (AvgIpc) is 2.55. The van der Waals surface area contributed by atoms with Crippen molar-refractivity contribution in [2.75, 3.05) is 26.9 Å². The number of carbonyl (C=O) groups excluding carboxylic acids is 1. The second-order valence-electron chi connectivity index (χ2n) is 6.63. The number of amides is 1. The lowest BCUT2D eigenvalue weighted by molar-refractivity contribution is -0.127. The van der Waals surface area contributed by atoms with E-state index in [-0.39, 0.29) is 42.5 Å². The first kappa shape index (κ1) is 25.6. The van der Waals surface area contributed by atoms with Crippen LogP contribution in [0.3, 0.4) is 0 Å². The molecule has 27 heavy (non-hydrogen) atoms. The van der Waals surface area contributed by atoms with Crippen LogP contribution in [-0.4, -0.2) is 58.1 Å². The molecule has 0 radical (unpaired) electrons. The van der Waals surface area contributed by atoms with Gasteiger partial charge in [0.05, 0.1) is 18.0 Å². The van der Waals surface area contributed by atoms with Crippen molar-refractivity contribution in [3.63, 3.8) is 0 Å². The van der Waals surface area contributed by atoms with E-state index in [2.05, 4.69) is 22.5 Å². The summed E-state index contributed by atoms with van der Waals surface area (Å²) in [5.74, 6) is 0.511. The largest absolute Gasteiger partial charge is 0.354 e. The molecule has 0 saturated carbocycles. The first-order chi connectivity index (χ1) is 12.0. The van der Waals surface area contributed by atoms with Gasteiger partial charge < -0.3 is 15.5 Å². The number of halogens is 1. The van der Waals surface area contributed by atoms with Crippen molar-refractivity contribution >= 4 is 45.7 Å². The summed E-state index contributed by atoms with van der Waals surface area (Å²) in [5.41, 5.74) is 1.60. The minimum absolute atomic E-state index is 0. The molecule has 0 fully saturated rings. The Labute approximate surface area is 179 Å². The number of likely N-dealkylation sites (N-methyl/N-ethyl adjacent to an activating group) is 1. The molecule has 154 valence electrons. The zero-order valence-electron chi connectivity index (χ0n) is 16.9. The van der Waals surface area contributed by atoms with Gasteiger partial charge in [0.25, 0.3) is 0 Å². The molecule has 0 aliphatic rings. The first-order valence-corrected chi connectivity index (χ1v) is 10.5. The number of guanidine groups is 1. The number of rotatable bonds is 7. The Balaban J connectivity index is 0.00000676. The van der Waals surface area contributed by atoms with E-state index >= 15 is 0 Å². The van der Waals surface area contributed by atoms with Crippen LogP contribution in [0.2, 0.25) is 0 Å². The highest BCUT2D eigenvalue weighted by Gasteiger charge is 2.11. The Bertz CT molecular complexity index is 764. The number of nitrogens with zero attached hydrogens (tertiary/aromatic N) is 2. The predicted octanol–water partition coefficient (Wildman–Crippen LogP) is 1.94. The summed E-state index contributed by atoms with van der Waals surface area (Å²) in [4.78, 5) is 18.1. The maximum atomic E-state index is 11.8. The number of carbonyl (C=O) groups is 1. The molecule has 0 saturated heterocycles. The lowest BCUT2D eigenvalue weighted by Gasteiger charge is -2.18. The molecule has 1 amide bonds. The van der Waals surface area contributed by atoms with Gasteiger partial charge in [-0.25, -0.2) is 13.4 Å². The average molecular weight is 510 g/mol. The maximum absolute atomic E-state index is 11.8. The summed E-state index contributed by atoms with van der Waals surface area (Å²) in [6, 6.07) is 5.41. The fourth-order valence-electron chi connectivity index (χ4n) is 2.20. The van der Waals surface area contributed by atoms with Crippen LogP contribution in [0, 0.1) is 6.92 Å². The topological polar surface area (TPSA) is 90.9 Å². The summed E-state index contributed by atoms with van der Waals surface area (Å²) in [5, 5.41) is 6.29. The first-order valence-electron chi connectivity index (χ1n) is 8.59. The molecule has 0 aromatic heterocycles. The second-order valence-corrected chi connectivity index (χ2v) is 8.62. The molecule has 0 spiro atoms. The Morgan fingerprint density at radius 3 is 2.41 bits per heavy atom. The van der Waals surface area contributed by atoms with Crippen LogP contribution in [0.5, 0.6) is 0 Å². The fourth-order valence-corrected chi connectivity index (χ4v) is 3.16. The van der Waals surface area contributed by atoms with E-state index in [0.29, 0.717) is 23.0 Å². The maximum Gasteiger partial charge on any atom is 0.241 e. The van der Waals surface area contributed by atoms with Crippen molar-refractivity contribution in [3.05, 3.63) is 29.3 Å². The Morgan fingerprint density at radius 1 is 1.30 bits per heavy atom. The van der Waals surface area contributed by atoms with Crippen LogP contribution in [0.25, 0.3) is 0 Å². The van der Waals surface area contributed by atoms with E-state index in [1.54, 1.807) is 33.2 Å². The molecule has 1 aromatic carbocycles. The molecule has 1 aromatic rings. The van der Waals surface area contributed by atoms with Gasteiger partial charge in [0.2, 0.25) is 5.91 Å². The standard InChI is InChI=1S/C18H30N4O3S.HI/c1-7-14(3)21-18(20-12-17(23)22(4)5)19-11-15-8-9-16(13(2)10-15)26(6,24)25;/h8-10,14H,7,11-12H2,1-6H3,(H2,19,20,21);1H. The third kappa shape index (κ3) is 8.91. The molecule has 9 heteroatoms. The normalized spacial score (nSPS) is 12.7. The van der Waals surface area contributed by atoms with E-state index in [1.807, 2.05) is 13.0 Å². The number of hydrogen-bond acceptors (Lipinski definition) is 4. The number of aliphatic imine (C=N–C) groups is 1. The van der Waals surface area contributed by atoms with Crippen molar-refractivity contribution in [1.29, 1.82) is 0 Å². The van der Waals surface area contributed by atoms with Gasteiger partial charge >= 0.3 is 0 Å². The summed E-state index contributed by atoms with van der Waals surface area (Å²) < 4.78 is 23.4. The Morgan fingerprint density at radius 2 is 1.93 bits per heavy atom. The monoisotopic (exact) mass is 510 g/mol. The van der Waals surface area contributed by atoms with E-state index in [9.17, 15) is 13.2 Å². The van der Waals surface area contributed by atoms with E-state index < -0.39 is 9.84 Å². The van der Waals surface area contributed by atoms with Crippen molar-refractivity contribution in [2.45, 2.75) is 44.7 Å². The van der Waals surface area contributed by atoms with Gasteiger partial charge in [-0.05, 0) is 37.5 Å². The SMILES string of the molecule is CCC(C)NC(=NCc1ccc(S(C)(=O)=O)c(C)c1)NCC(=O)N(C)C.I. The molecule has 0 aliphatic carbocycles. The van der Waals surface area contributed by atoms with Crippen LogP contribution in [0.1, 0.15) is 31.4 Å². The smallest absolute Gasteiger partial charge is 0.241 e. The molecule has 2 N–H and O–H groups in total. The molecular weight excluding hydrogens is 479 g/mol. The lowest BCUT2D eigenvalue weighted by Crippen LogP contribution is -2.45. The Kier molecular flexibility index (Phi) is 10.9. The quantitative estimate of drug-likeness (QED) is 0.333. The fraction of sp³-hybridized carbons (Fsp3) is 0.556. The number of nitrogens with one attached hydrogen (secondary N) is 2. The Hall–Kier alpha value is -1.36. The van der Waals surface area contributed by atoms with Gasteiger partial charge in [-0.15, -0.1) is 24.0 Å².